The van der Waals surface area contributed by atoms with Crippen LogP contribution in [0, 0.1) is 20.8 Å². The second kappa shape index (κ2) is 10.4. The van der Waals surface area contributed by atoms with Gasteiger partial charge in [-0.05, 0) is 93.8 Å². The van der Waals surface area contributed by atoms with Crippen molar-refractivity contribution in [1.29, 1.82) is 0 Å². The molecule has 3 aromatic rings. The van der Waals surface area contributed by atoms with Crippen LogP contribution in [-0.2, 0) is 27.6 Å². The molecule has 4 rings (SSSR count). The fraction of sp³-hybridized carbons (Fsp3) is 0.333. The summed E-state index contributed by atoms with van der Waals surface area (Å²) in [6.45, 7) is 7.39. The molecule has 7 nitrogen and oxygen atoms in total. The number of aryl methyl sites for hydroxylation is 4. The van der Waals surface area contributed by atoms with Crippen LogP contribution in [0.5, 0.6) is 0 Å². The molecule has 0 unspecified atom stereocenters. The smallest absolute Gasteiger partial charge is 0.341 e. The molecule has 1 aliphatic carbocycles. The number of rotatable bonds is 7. The number of carbonyl (C=O) groups is 2. The average Bonchev–Trinajstić information content (AvgIpc) is 3.19. The van der Waals surface area contributed by atoms with Gasteiger partial charge in [0, 0.05) is 10.4 Å². The summed E-state index contributed by atoms with van der Waals surface area (Å²) in [5, 5.41) is 3.30. The monoisotopic (exact) mass is 526 g/mol. The highest BCUT2D eigenvalue weighted by molar-refractivity contribution is 7.92. The van der Waals surface area contributed by atoms with Gasteiger partial charge in [0.1, 0.15) is 5.00 Å². The zero-order valence-corrected chi connectivity index (χ0v) is 22.5. The van der Waals surface area contributed by atoms with Crippen molar-refractivity contribution in [2.45, 2.75) is 58.3 Å². The molecule has 36 heavy (non-hydrogen) atoms. The Balaban J connectivity index is 1.65. The topological polar surface area (TPSA) is 102 Å². The third-order valence-corrected chi connectivity index (χ3v) is 8.97. The van der Waals surface area contributed by atoms with Crippen LogP contribution in [0.4, 0.5) is 10.7 Å². The van der Waals surface area contributed by atoms with Gasteiger partial charge in [0.25, 0.3) is 15.9 Å². The maximum absolute atomic E-state index is 13.3. The molecule has 1 aliphatic rings. The summed E-state index contributed by atoms with van der Waals surface area (Å²) < 4.78 is 34.4. The average molecular weight is 527 g/mol. The first kappa shape index (κ1) is 25.9. The molecular weight excluding hydrogens is 496 g/mol. The number of esters is 1. The standard InChI is InChI=1S/C27H30N2O5S2/c1-5-34-27(31)24-20-8-6-7-9-22(20)35-26(24)28-25(30)19-13-12-18(4)23(15-19)36(32,33)29-21-14-16(2)10-11-17(21)3/h10-15,29H,5-9H2,1-4H3,(H,28,30). The third kappa shape index (κ3) is 5.32. The molecule has 0 radical (unpaired) electrons. The lowest BCUT2D eigenvalue weighted by molar-refractivity contribution is 0.0526. The first-order valence-electron chi connectivity index (χ1n) is 11.9. The van der Waals surface area contributed by atoms with Crippen molar-refractivity contribution in [3.8, 4) is 0 Å². The normalized spacial score (nSPS) is 13.1. The van der Waals surface area contributed by atoms with Crippen molar-refractivity contribution >= 4 is 43.9 Å². The Morgan fingerprint density at radius 3 is 2.47 bits per heavy atom. The summed E-state index contributed by atoms with van der Waals surface area (Å²) in [7, 11) is -3.94. The third-order valence-electron chi connectivity index (χ3n) is 6.26. The van der Waals surface area contributed by atoms with E-state index < -0.39 is 21.9 Å². The van der Waals surface area contributed by atoms with Crippen LogP contribution in [0.25, 0.3) is 0 Å². The molecule has 0 aliphatic heterocycles. The van der Waals surface area contributed by atoms with E-state index in [1.54, 1.807) is 32.0 Å². The molecule has 190 valence electrons. The number of anilines is 2. The number of benzene rings is 2. The lowest BCUT2D eigenvalue weighted by Gasteiger charge is -2.14. The summed E-state index contributed by atoms with van der Waals surface area (Å²) in [6.07, 6.45) is 3.65. The first-order valence-corrected chi connectivity index (χ1v) is 14.2. The quantitative estimate of drug-likeness (QED) is 0.380. The van der Waals surface area contributed by atoms with Gasteiger partial charge in [-0.15, -0.1) is 11.3 Å². The Morgan fingerprint density at radius 2 is 1.72 bits per heavy atom. The van der Waals surface area contributed by atoms with E-state index >= 15 is 0 Å². The number of carbonyl (C=O) groups excluding carboxylic acids is 2. The Bertz CT molecular complexity index is 1440. The Morgan fingerprint density at radius 1 is 1.00 bits per heavy atom. The predicted molar refractivity (Wildman–Crippen MR) is 143 cm³/mol. The van der Waals surface area contributed by atoms with Crippen molar-refractivity contribution in [3.63, 3.8) is 0 Å². The van der Waals surface area contributed by atoms with Crippen LogP contribution >= 0.6 is 11.3 Å². The molecule has 0 saturated carbocycles. The van der Waals surface area contributed by atoms with Gasteiger partial charge < -0.3 is 10.1 Å². The molecule has 9 heteroatoms. The number of sulfonamides is 1. The van der Waals surface area contributed by atoms with Gasteiger partial charge in [-0.2, -0.15) is 0 Å². The van der Waals surface area contributed by atoms with Crippen molar-refractivity contribution < 1.29 is 22.7 Å². The van der Waals surface area contributed by atoms with Gasteiger partial charge >= 0.3 is 5.97 Å². The largest absolute Gasteiger partial charge is 0.462 e. The highest BCUT2D eigenvalue weighted by atomic mass is 32.2. The maximum Gasteiger partial charge on any atom is 0.341 e. The number of hydrogen-bond acceptors (Lipinski definition) is 6. The number of hydrogen-bond donors (Lipinski definition) is 2. The predicted octanol–water partition coefficient (Wildman–Crippen LogP) is 5.78. The molecule has 0 atom stereocenters. The van der Waals surface area contributed by atoms with Crippen LogP contribution in [0.3, 0.4) is 0 Å². The summed E-state index contributed by atoms with van der Waals surface area (Å²) in [5.74, 6) is -0.931. The minimum absolute atomic E-state index is 0.0205. The molecule has 0 bridgehead atoms. The maximum atomic E-state index is 13.3. The number of amides is 1. The summed E-state index contributed by atoms with van der Waals surface area (Å²) in [6, 6.07) is 10.1. The minimum atomic E-state index is -3.94. The molecule has 0 spiro atoms. The molecule has 2 aromatic carbocycles. The van der Waals surface area contributed by atoms with E-state index in [-0.39, 0.29) is 17.1 Å². The van der Waals surface area contributed by atoms with Crippen LogP contribution in [-0.4, -0.2) is 26.9 Å². The molecular formula is C27H30N2O5S2. The van der Waals surface area contributed by atoms with E-state index in [2.05, 4.69) is 10.0 Å². The number of thiophene rings is 1. The summed E-state index contributed by atoms with van der Waals surface area (Å²) >= 11 is 1.39. The first-order chi connectivity index (χ1) is 17.1. The minimum Gasteiger partial charge on any atom is -0.462 e. The number of nitrogens with one attached hydrogen (secondary N) is 2. The zero-order valence-electron chi connectivity index (χ0n) is 20.9. The van der Waals surface area contributed by atoms with E-state index in [0.29, 0.717) is 21.8 Å². The fourth-order valence-corrected chi connectivity index (χ4v) is 6.99. The van der Waals surface area contributed by atoms with Gasteiger partial charge in [-0.3, -0.25) is 9.52 Å². The van der Waals surface area contributed by atoms with Gasteiger partial charge in [0.15, 0.2) is 0 Å². The van der Waals surface area contributed by atoms with Crippen LogP contribution < -0.4 is 10.0 Å². The second-order valence-corrected chi connectivity index (χ2v) is 11.7. The number of ether oxygens (including phenoxy) is 1. The van der Waals surface area contributed by atoms with Crippen molar-refractivity contribution in [3.05, 3.63) is 74.7 Å². The van der Waals surface area contributed by atoms with Crippen LogP contribution in [0.2, 0.25) is 0 Å². The van der Waals surface area contributed by atoms with E-state index in [9.17, 15) is 18.0 Å². The molecule has 2 N–H and O–H groups in total. The molecule has 0 saturated heterocycles. The Hall–Kier alpha value is -3.17. The Kier molecular flexibility index (Phi) is 7.51. The van der Waals surface area contributed by atoms with Crippen molar-refractivity contribution in [2.75, 3.05) is 16.6 Å². The summed E-state index contributed by atoms with van der Waals surface area (Å²) in [5.41, 5.74) is 4.29. The molecule has 1 heterocycles. The highest BCUT2D eigenvalue weighted by Gasteiger charge is 2.28. The van der Waals surface area contributed by atoms with E-state index in [4.69, 9.17) is 4.74 Å². The zero-order chi connectivity index (χ0) is 26.0. The van der Waals surface area contributed by atoms with E-state index in [1.807, 2.05) is 26.0 Å². The van der Waals surface area contributed by atoms with Crippen LogP contribution in [0.15, 0.2) is 41.3 Å². The molecule has 1 amide bonds. The highest BCUT2D eigenvalue weighted by Crippen LogP contribution is 2.39. The van der Waals surface area contributed by atoms with Gasteiger partial charge in [0.05, 0.1) is 22.8 Å². The number of fused-ring (bicyclic) bond motifs is 1. The summed E-state index contributed by atoms with van der Waals surface area (Å²) in [4.78, 5) is 27.1. The van der Waals surface area contributed by atoms with Gasteiger partial charge in [-0.1, -0.05) is 18.2 Å². The van der Waals surface area contributed by atoms with E-state index in [0.717, 1.165) is 47.3 Å². The second-order valence-electron chi connectivity index (χ2n) is 8.99. The SMILES string of the molecule is CCOC(=O)c1c(NC(=O)c2ccc(C)c(S(=O)(=O)Nc3cc(C)ccc3C)c2)sc2c1CCCC2. The van der Waals surface area contributed by atoms with Crippen molar-refractivity contribution in [1.82, 2.24) is 0 Å². The van der Waals surface area contributed by atoms with E-state index in [1.165, 1.54) is 17.4 Å². The van der Waals surface area contributed by atoms with Gasteiger partial charge in [-0.25, -0.2) is 13.2 Å². The lowest BCUT2D eigenvalue weighted by Crippen LogP contribution is -2.18. The lowest BCUT2D eigenvalue weighted by atomic mass is 9.95. The molecule has 0 fully saturated rings. The Labute approximate surface area is 215 Å². The van der Waals surface area contributed by atoms with Crippen LogP contribution in [0.1, 0.15) is 67.6 Å². The van der Waals surface area contributed by atoms with Gasteiger partial charge in [0.2, 0.25) is 0 Å². The molecule has 1 aromatic heterocycles. The fourth-order valence-electron chi connectivity index (χ4n) is 4.32. The van der Waals surface area contributed by atoms with Crippen molar-refractivity contribution in [2.24, 2.45) is 0 Å².